The maximum absolute atomic E-state index is 5.53. The monoisotopic (exact) mass is 346 g/mol. The van der Waals surface area contributed by atoms with E-state index in [1.807, 2.05) is 24.3 Å². The normalized spacial score (nSPS) is 11.6. The van der Waals surface area contributed by atoms with Gasteiger partial charge in [0.2, 0.25) is 0 Å². The summed E-state index contributed by atoms with van der Waals surface area (Å²) >= 11 is 5.53. The quantitative estimate of drug-likeness (QED) is 0.652. The summed E-state index contributed by atoms with van der Waals surface area (Å²) in [5.41, 5.74) is 4.84. The molecule has 25 heavy (non-hydrogen) atoms. The van der Waals surface area contributed by atoms with Gasteiger partial charge in [-0.05, 0) is 35.8 Å². The third-order valence-electron chi connectivity index (χ3n) is 4.11. The molecule has 0 fully saturated rings. The third-order valence-corrected chi connectivity index (χ3v) is 4.38. The molecule has 0 saturated carbocycles. The molecule has 0 bridgehead atoms. The van der Waals surface area contributed by atoms with E-state index in [9.17, 15) is 0 Å². The molecule has 2 N–H and O–H groups in total. The first-order valence-corrected chi connectivity index (χ1v) is 8.83. The zero-order valence-electron chi connectivity index (χ0n) is 14.3. The van der Waals surface area contributed by atoms with Crippen LogP contribution in [0.25, 0.3) is 0 Å². The fourth-order valence-electron chi connectivity index (χ4n) is 2.72. The lowest BCUT2D eigenvalue weighted by atomic mass is 9.98. The van der Waals surface area contributed by atoms with Gasteiger partial charge in [-0.2, -0.15) is 0 Å². The van der Waals surface area contributed by atoms with Crippen LogP contribution in [0.15, 0.2) is 84.9 Å². The van der Waals surface area contributed by atoms with Gasteiger partial charge in [0.05, 0.1) is 6.04 Å². The van der Waals surface area contributed by atoms with E-state index in [0.717, 1.165) is 0 Å². The largest absolute Gasteiger partial charge is 0.359 e. The molecule has 0 spiro atoms. The molecule has 3 aromatic carbocycles. The Labute approximate surface area is 154 Å². The number of rotatable bonds is 5. The predicted molar refractivity (Wildman–Crippen MR) is 108 cm³/mol. The Kier molecular flexibility index (Phi) is 5.81. The van der Waals surface area contributed by atoms with E-state index in [2.05, 4.69) is 78.2 Å². The van der Waals surface area contributed by atoms with Crippen molar-refractivity contribution in [2.45, 2.75) is 19.5 Å². The average molecular weight is 346 g/mol. The van der Waals surface area contributed by atoms with Gasteiger partial charge < -0.3 is 10.6 Å². The van der Waals surface area contributed by atoms with E-state index in [1.165, 1.54) is 22.3 Å². The molecule has 0 aliphatic rings. The highest BCUT2D eigenvalue weighted by Gasteiger charge is 2.14. The van der Waals surface area contributed by atoms with Crippen molar-refractivity contribution in [3.63, 3.8) is 0 Å². The minimum atomic E-state index is 0.0255. The van der Waals surface area contributed by atoms with E-state index < -0.39 is 0 Å². The molecular weight excluding hydrogens is 324 g/mol. The smallest absolute Gasteiger partial charge is 0.167 e. The van der Waals surface area contributed by atoms with Gasteiger partial charge in [0, 0.05) is 6.54 Å². The SMILES string of the molecule is Cc1ccc([C@H](NC(=S)NCc2ccccc2)c2ccccc2)cc1. The minimum absolute atomic E-state index is 0.0255. The van der Waals surface area contributed by atoms with Gasteiger partial charge in [0.1, 0.15) is 0 Å². The molecule has 2 nitrogen and oxygen atoms in total. The summed E-state index contributed by atoms with van der Waals surface area (Å²) in [7, 11) is 0. The van der Waals surface area contributed by atoms with Crippen LogP contribution in [0.2, 0.25) is 0 Å². The Bertz CT molecular complexity index is 798. The van der Waals surface area contributed by atoms with Crippen LogP contribution in [0.5, 0.6) is 0 Å². The van der Waals surface area contributed by atoms with Gasteiger partial charge in [-0.25, -0.2) is 0 Å². The molecular formula is C22H22N2S. The van der Waals surface area contributed by atoms with Gasteiger partial charge in [0.25, 0.3) is 0 Å². The summed E-state index contributed by atoms with van der Waals surface area (Å²) < 4.78 is 0. The minimum Gasteiger partial charge on any atom is -0.359 e. The maximum Gasteiger partial charge on any atom is 0.167 e. The Morgan fingerprint density at radius 3 is 2.00 bits per heavy atom. The zero-order valence-corrected chi connectivity index (χ0v) is 15.1. The first-order chi connectivity index (χ1) is 12.2. The summed E-state index contributed by atoms with van der Waals surface area (Å²) in [6, 6.07) is 29.2. The molecule has 0 heterocycles. The Morgan fingerprint density at radius 1 is 0.800 bits per heavy atom. The fraction of sp³-hybridized carbons (Fsp3) is 0.136. The number of hydrogen-bond acceptors (Lipinski definition) is 1. The predicted octanol–water partition coefficient (Wildman–Crippen LogP) is 4.75. The second-order valence-corrected chi connectivity index (χ2v) is 6.48. The van der Waals surface area contributed by atoms with Crippen molar-refractivity contribution in [1.82, 2.24) is 10.6 Å². The number of nitrogens with one attached hydrogen (secondary N) is 2. The van der Waals surface area contributed by atoms with Crippen LogP contribution in [0.4, 0.5) is 0 Å². The Hall–Kier alpha value is -2.65. The van der Waals surface area contributed by atoms with Crippen molar-refractivity contribution >= 4 is 17.3 Å². The lowest BCUT2D eigenvalue weighted by molar-refractivity contribution is 0.735. The summed E-state index contributed by atoms with van der Waals surface area (Å²) in [6.45, 7) is 2.81. The summed E-state index contributed by atoms with van der Waals surface area (Å²) in [5, 5.41) is 7.41. The molecule has 0 aliphatic heterocycles. The fourth-order valence-corrected chi connectivity index (χ4v) is 2.91. The van der Waals surface area contributed by atoms with Crippen molar-refractivity contribution < 1.29 is 0 Å². The molecule has 0 unspecified atom stereocenters. The van der Waals surface area contributed by atoms with Crippen LogP contribution in [-0.4, -0.2) is 5.11 Å². The maximum atomic E-state index is 5.53. The highest BCUT2D eigenvalue weighted by molar-refractivity contribution is 7.80. The van der Waals surface area contributed by atoms with Crippen LogP contribution in [0, 0.1) is 6.92 Å². The van der Waals surface area contributed by atoms with Crippen LogP contribution in [-0.2, 0) is 6.54 Å². The third kappa shape index (κ3) is 4.91. The summed E-state index contributed by atoms with van der Waals surface area (Å²) in [6.07, 6.45) is 0. The van der Waals surface area contributed by atoms with Gasteiger partial charge in [-0.15, -0.1) is 0 Å². The first-order valence-electron chi connectivity index (χ1n) is 8.42. The number of benzene rings is 3. The first kappa shape index (κ1) is 17.2. The highest BCUT2D eigenvalue weighted by Crippen LogP contribution is 2.22. The van der Waals surface area contributed by atoms with Crippen molar-refractivity contribution in [2.75, 3.05) is 0 Å². The van der Waals surface area contributed by atoms with Crippen molar-refractivity contribution in [3.8, 4) is 0 Å². The van der Waals surface area contributed by atoms with E-state index in [4.69, 9.17) is 12.2 Å². The summed E-state index contributed by atoms with van der Waals surface area (Å²) in [4.78, 5) is 0. The highest BCUT2D eigenvalue weighted by atomic mass is 32.1. The Balaban J connectivity index is 1.73. The van der Waals surface area contributed by atoms with Gasteiger partial charge in [0.15, 0.2) is 5.11 Å². The molecule has 3 heteroatoms. The molecule has 0 aromatic heterocycles. The standard InChI is InChI=1S/C22H22N2S/c1-17-12-14-20(15-13-17)21(19-10-6-3-7-11-19)24-22(25)23-16-18-8-4-2-5-9-18/h2-15,21H,16H2,1H3,(H2,23,24,25)/t21-/m1/s1. The average Bonchev–Trinajstić information content (AvgIpc) is 2.67. The van der Waals surface area contributed by atoms with E-state index >= 15 is 0 Å². The van der Waals surface area contributed by atoms with E-state index in [-0.39, 0.29) is 6.04 Å². The lowest BCUT2D eigenvalue weighted by Crippen LogP contribution is -2.37. The van der Waals surface area contributed by atoms with Crippen molar-refractivity contribution in [1.29, 1.82) is 0 Å². The van der Waals surface area contributed by atoms with Gasteiger partial charge >= 0.3 is 0 Å². The molecule has 0 saturated heterocycles. The topological polar surface area (TPSA) is 24.1 Å². The van der Waals surface area contributed by atoms with Crippen LogP contribution in [0.3, 0.4) is 0 Å². The molecule has 1 atom stereocenters. The van der Waals surface area contributed by atoms with E-state index in [1.54, 1.807) is 0 Å². The zero-order chi connectivity index (χ0) is 17.5. The molecule has 0 aliphatic carbocycles. The van der Waals surface area contributed by atoms with Gasteiger partial charge in [-0.1, -0.05) is 90.5 Å². The lowest BCUT2D eigenvalue weighted by Gasteiger charge is -2.22. The van der Waals surface area contributed by atoms with E-state index in [0.29, 0.717) is 11.7 Å². The van der Waals surface area contributed by atoms with Gasteiger partial charge in [-0.3, -0.25) is 0 Å². The molecule has 3 aromatic rings. The molecule has 0 amide bonds. The molecule has 3 rings (SSSR count). The molecule has 126 valence electrons. The van der Waals surface area contributed by atoms with Crippen LogP contribution >= 0.6 is 12.2 Å². The molecule has 0 radical (unpaired) electrons. The van der Waals surface area contributed by atoms with Crippen molar-refractivity contribution in [3.05, 3.63) is 107 Å². The number of aryl methyl sites for hydroxylation is 1. The summed E-state index contributed by atoms with van der Waals surface area (Å²) in [5.74, 6) is 0. The number of hydrogen-bond donors (Lipinski definition) is 2. The van der Waals surface area contributed by atoms with Crippen molar-refractivity contribution in [2.24, 2.45) is 0 Å². The second-order valence-electron chi connectivity index (χ2n) is 6.07. The Morgan fingerprint density at radius 2 is 1.36 bits per heavy atom. The number of thiocarbonyl (C=S) groups is 1. The van der Waals surface area contributed by atoms with Crippen LogP contribution < -0.4 is 10.6 Å². The van der Waals surface area contributed by atoms with Crippen LogP contribution in [0.1, 0.15) is 28.3 Å². The second kappa shape index (κ2) is 8.45.